The minimum atomic E-state index is -0.241. The molecule has 0 fully saturated rings. The molecule has 2 aromatic carbocycles. The fraction of sp³-hybridized carbons (Fsp3) is 0.222. The molecule has 0 radical (unpaired) electrons. The van der Waals surface area contributed by atoms with Crippen LogP contribution in [-0.2, 0) is 18.9 Å². The highest BCUT2D eigenvalue weighted by atomic mass is 35.5. The molecule has 4 nitrogen and oxygen atoms in total. The van der Waals surface area contributed by atoms with Gasteiger partial charge in [-0.25, -0.2) is 4.39 Å². The van der Waals surface area contributed by atoms with E-state index in [0.29, 0.717) is 33.9 Å². The summed E-state index contributed by atoms with van der Waals surface area (Å²) in [6.07, 6.45) is 0. The molecular weight excluding hydrogens is 396 g/mol. The van der Waals surface area contributed by atoms with Gasteiger partial charge in [-0.2, -0.15) is 0 Å². The summed E-state index contributed by atoms with van der Waals surface area (Å²) in [7, 11) is 0. The first-order chi connectivity index (χ1) is 12.6. The average molecular weight is 412 g/mol. The van der Waals surface area contributed by atoms with Crippen LogP contribution in [0.2, 0.25) is 10.0 Å². The number of nitrogens with zero attached hydrogens (tertiary/aromatic N) is 3. The van der Waals surface area contributed by atoms with Crippen LogP contribution < -0.4 is 4.74 Å². The van der Waals surface area contributed by atoms with Crippen molar-refractivity contribution in [3.8, 4) is 5.75 Å². The van der Waals surface area contributed by atoms with Crippen molar-refractivity contribution in [3.63, 3.8) is 0 Å². The SMILES string of the molecule is CCn1c(COc2cc(Cl)ccc2Cl)nnc1SCc1ccc(F)cc1. The van der Waals surface area contributed by atoms with Gasteiger partial charge in [-0.1, -0.05) is 47.1 Å². The normalized spacial score (nSPS) is 10.9. The molecule has 0 spiro atoms. The Morgan fingerprint density at radius 1 is 1.12 bits per heavy atom. The third-order valence-corrected chi connectivity index (χ3v) is 5.23. The third kappa shape index (κ3) is 4.69. The number of benzene rings is 2. The quantitative estimate of drug-likeness (QED) is 0.473. The summed E-state index contributed by atoms with van der Waals surface area (Å²) in [5.74, 6) is 1.64. The van der Waals surface area contributed by atoms with E-state index in [4.69, 9.17) is 27.9 Å². The molecule has 0 saturated carbocycles. The van der Waals surface area contributed by atoms with E-state index in [-0.39, 0.29) is 12.4 Å². The van der Waals surface area contributed by atoms with Crippen LogP contribution in [0.3, 0.4) is 0 Å². The van der Waals surface area contributed by atoms with Crippen molar-refractivity contribution in [2.45, 2.75) is 31.0 Å². The Morgan fingerprint density at radius 2 is 1.88 bits per heavy atom. The predicted molar refractivity (Wildman–Crippen MR) is 102 cm³/mol. The van der Waals surface area contributed by atoms with Gasteiger partial charge in [0.1, 0.15) is 18.2 Å². The summed E-state index contributed by atoms with van der Waals surface area (Å²) in [5, 5.41) is 10.3. The summed E-state index contributed by atoms with van der Waals surface area (Å²) in [5.41, 5.74) is 1.02. The van der Waals surface area contributed by atoms with Crippen molar-refractivity contribution in [1.82, 2.24) is 14.8 Å². The summed E-state index contributed by atoms with van der Waals surface area (Å²) in [6.45, 7) is 2.96. The number of aromatic nitrogens is 3. The Labute approximate surface area is 165 Å². The standard InChI is InChI=1S/C18H16Cl2FN3OS/c1-2-24-17(10-25-16-9-13(19)5-8-15(16)20)22-23-18(24)26-11-12-3-6-14(21)7-4-12/h3-9H,2,10-11H2,1H3. The Bertz CT molecular complexity index is 887. The molecule has 3 aromatic rings. The minimum absolute atomic E-state index is 0.234. The number of halogens is 3. The van der Waals surface area contributed by atoms with Crippen molar-refractivity contribution < 1.29 is 9.13 Å². The largest absolute Gasteiger partial charge is 0.484 e. The molecule has 0 unspecified atom stereocenters. The molecular formula is C18H16Cl2FN3OS. The van der Waals surface area contributed by atoms with E-state index in [1.165, 1.54) is 12.1 Å². The Kier molecular flexibility index (Phi) is 6.40. The number of thioether (sulfide) groups is 1. The zero-order valence-electron chi connectivity index (χ0n) is 14.0. The molecule has 0 aliphatic rings. The topological polar surface area (TPSA) is 39.9 Å². The predicted octanol–water partition coefficient (Wildman–Crippen LogP) is 5.62. The van der Waals surface area contributed by atoms with E-state index in [2.05, 4.69) is 10.2 Å². The van der Waals surface area contributed by atoms with Gasteiger partial charge in [0.05, 0.1) is 5.02 Å². The van der Waals surface area contributed by atoms with E-state index in [1.807, 2.05) is 11.5 Å². The Balaban J connectivity index is 1.67. The van der Waals surface area contributed by atoms with E-state index in [0.717, 1.165) is 10.7 Å². The van der Waals surface area contributed by atoms with Crippen LogP contribution in [0.25, 0.3) is 0 Å². The molecule has 1 heterocycles. The maximum Gasteiger partial charge on any atom is 0.191 e. The van der Waals surface area contributed by atoms with Gasteiger partial charge in [0.15, 0.2) is 11.0 Å². The fourth-order valence-corrected chi connectivity index (χ4v) is 3.62. The van der Waals surface area contributed by atoms with Crippen molar-refractivity contribution in [1.29, 1.82) is 0 Å². The second-order valence-corrected chi connectivity index (χ2v) is 7.21. The maximum absolute atomic E-state index is 13.0. The van der Waals surface area contributed by atoms with Gasteiger partial charge in [0.25, 0.3) is 0 Å². The molecule has 0 bridgehead atoms. The summed E-state index contributed by atoms with van der Waals surface area (Å²) >= 11 is 13.6. The van der Waals surface area contributed by atoms with Crippen molar-refractivity contribution in [2.75, 3.05) is 0 Å². The van der Waals surface area contributed by atoms with E-state index >= 15 is 0 Å². The highest BCUT2D eigenvalue weighted by molar-refractivity contribution is 7.98. The monoisotopic (exact) mass is 411 g/mol. The van der Waals surface area contributed by atoms with Gasteiger partial charge in [-0.15, -0.1) is 10.2 Å². The number of ether oxygens (including phenoxy) is 1. The molecule has 26 heavy (non-hydrogen) atoms. The van der Waals surface area contributed by atoms with Gasteiger partial charge in [0.2, 0.25) is 0 Å². The highest BCUT2D eigenvalue weighted by Crippen LogP contribution is 2.29. The lowest BCUT2D eigenvalue weighted by Gasteiger charge is -2.10. The fourth-order valence-electron chi connectivity index (χ4n) is 2.31. The lowest BCUT2D eigenvalue weighted by Crippen LogP contribution is -2.07. The van der Waals surface area contributed by atoms with Crippen LogP contribution in [0.4, 0.5) is 4.39 Å². The van der Waals surface area contributed by atoms with Crippen LogP contribution in [0.15, 0.2) is 47.6 Å². The lowest BCUT2D eigenvalue weighted by atomic mass is 10.2. The van der Waals surface area contributed by atoms with E-state index in [9.17, 15) is 4.39 Å². The van der Waals surface area contributed by atoms with Gasteiger partial charge < -0.3 is 9.30 Å². The first-order valence-electron chi connectivity index (χ1n) is 7.94. The average Bonchev–Trinajstić information content (AvgIpc) is 3.04. The molecule has 0 aliphatic carbocycles. The molecule has 3 rings (SSSR count). The zero-order chi connectivity index (χ0) is 18.5. The summed E-state index contributed by atoms with van der Waals surface area (Å²) < 4.78 is 20.7. The van der Waals surface area contributed by atoms with Crippen molar-refractivity contribution >= 4 is 35.0 Å². The van der Waals surface area contributed by atoms with Gasteiger partial charge in [0, 0.05) is 23.4 Å². The second-order valence-electron chi connectivity index (χ2n) is 5.42. The molecule has 0 aliphatic heterocycles. The molecule has 0 atom stereocenters. The molecule has 8 heteroatoms. The van der Waals surface area contributed by atoms with Crippen molar-refractivity contribution in [2.24, 2.45) is 0 Å². The summed E-state index contributed by atoms with van der Waals surface area (Å²) in [6, 6.07) is 11.5. The molecule has 0 N–H and O–H groups in total. The van der Waals surface area contributed by atoms with Crippen molar-refractivity contribution in [3.05, 3.63) is 69.7 Å². The minimum Gasteiger partial charge on any atom is -0.484 e. The second kappa shape index (κ2) is 8.75. The van der Waals surface area contributed by atoms with Crippen LogP contribution >= 0.6 is 35.0 Å². The number of hydrogen-bond donors (Lipinski definition) is 0. The zero-order valence-corrected chi connectivity index (χ0v) is 16.3. The Morgan fingerprint density at radius 3 is 2.62 bits per heavy atom. The van der Waals surface area contributed by atoms with E-state index in [1.54, 1.807) is 42.1 Å². The number of rotatable bonds is 7. The van der Waals surface area contributed by atoms with Gasteiger partial charge in [-0.3, -0.25) is 0 Å². The van der Waals surface area contributed by atoms with Gasteiger partial charge >= 0.3 is 0 Å². The van der Waals surface area contributed by atoms with Crippen LogP contribution in [0.5, 0.6) is 5.75 Å². The van der Waals surface area contributed by atoms with Crippen LogP contribution in [-0.4, -0.2) is 14.8 Å². The Hall–Kier alpha value is -1.76. The smallest absolute Gasteiger partial charge is 0.191 e. The molecule has 0 saturated heterocycles. The van der Waals surface area contributed by atoms with Gasteiger partial charge in [-0.05, 0) is 36.8 Å². The third-order valence-electron chi connectivity index (χ3n) is 3.64. The first-order valence-corrected chi connectivity index (χ1v) is 9.68. The summed E-state index contributed by atoms with van der Waals surface area (Å²) in [4.78, 5) is 0. The molecule has 136 valence electrons. The van der Waals surface area contributed by atoms with Crippen LogP contribution in [0.1, 0.15) is 18.3 Å². The lowest BCUT2D eigenvalue weighted by molar-refractivity contribution is 0.288. The maximum atomic E-state index is 13.0. The van der Waals surface area contributed by atoms with E-state index < -0.39 is 0 Å². The number of hydrogen-bond acceptors (Lipinski definition) is 4. The first kappa shape index (κ1) is 19.0. The van der Waals surface area contributed by atoms with Crippen LogP contribution in [0, 0.1) is 5.82 Å². The highest BCUT2D eigenvalue weighted by Gasteiger charge is 2.13. The molecule has 0 amide bonds. The molecule has 1 aromatic heterocycles.